The third-order valence-electron chi connectivity index (χ3n) is 3.36. The summed E-state index contributed by atoms with van der Waals surface area (Å²) in [5, 5.41) is 10.6. The molecule has 2 aromatic rings. The zero-order valence-electron chi connectivity index (χ0n) is 12.4. The maximum Gasteiger partial charge on any atom is 0.471 e. The van der Waals surface area contributed by atoms with E-state index in [1.807, 2.05) is 30.3 Å². The lowest BCUT2D eigenvalue weighted by Gasteiger charge is -2.18. The van der Waals surface area contributed by atoms with Crippen LogP contribution < -0.4 is 5.32 Å². The maximum atomic E-state index is 12.4. The van der Waals surface area contributed by atoms with Crippen molar-refractivity contribution < 1.29 is 27.9 Å². The fourth-order valence-corrected chi connectivity index (χ4v) is 2.21. The predicted octanol–water partition coefficient (Wildman–Crippen LogP) is 3.55. The standard InChI is InChI=1S/C17H14F3NO3/c18-17(19,20)16(24)21-14(10-15(22)23)13-8-6-12(7-9-13)11-4-2-1-3-5-11/h1-9,14H,10H2,(H,21,24)(H,22,23)/t14-/m0/s1. The summed E-state index contributed by atoms with van der Waals surface area (Å²) in [6.45, 7) is 0. The van der Waals surface area contributed by atoms with Gasteiger partial charge in [0.05, 0.1) is 12.5 Å². The van der Waals surface area contributed by atoms with Crippen LogP contribution in [-0.4, -0.2) is 23.2 Å². The van der Waals surface area contributed by atoms with E-state index in [-0.39, 0.29) is 5.56 Å². The van der Waals surface area contributed by atoms with E-state index in [4.69, 9.17) is 5.11 Å². The first-order chi connectivity index (χ1) is 11.3. The number of nitrogens with one attached hydrogen (secondary N) is 1. The summed E-state index contributed by atoms with van der Waals surface area (Å²) >= 11 is 0. The summed E-state index contributed by atoms with van der Waals surface area (Å²) in [5.74, 6) is -3.48. The molecular formula is C17H14F3NO3. The van der Waals surface area contributed by atoms with Crippen LogP contribution in [0.2, 0.25) is 0 Å². The molecule has 0 aliphatic heterocycles. The van der Waals surface area contributed by atoms with Gasteiger partial charge in [-0.3, -0.25) is 9.59 Å². The van der Waals surface area contributed by atoms with Gasteiger partial charge in [0, 0.05) is 0 Å². The van der Waals surface area contributed by atoms with Crippen LogP contribution >= 0.6 is 0 Å². The second-order valence-electron chi connectivity index (χ2n) is 5.11. The average molecular weight is 337 g/mol. The van der Waals surface area contributed by atoms with Crippen molar-refractivity contribution in [3.8, 4) is 11.1 Å². The first kappa shape index (κ1) is 17.5. The topological polar surface area (TPSA) is 66.4 Å². The highest BCUT2D eigenvalue weighted by molar-refractivity contribution is 5.82. The molecule has 7 heteroatoms. The maximum absolute atomic E-state index is 12.4. The van der Waals surface area contributed by atoms with Crippen LogP contribution in [-0.2, 0) is 9.59 Å². The zero-order chi connectivity index (χ0) is 17.7. The van der Waals surface area contributed by atoms with E-state index in [9.17, 15) is 22.8 Å². The predicted molar refractivity (Wildman–Crippen MR) is 81.1 cm³/mol. The summed E-state index contributed by atoms with van der Waals surface area (Å²) in [4.78, 5) is 22.0. The lowest BCUT2D eigenvalue weighted by molar-refractivity contribution is -0.174. The van der Waals surface area contributed by atoms with Gasteiger partial charge in [-0.2, -0.15) is 13.2 Å². The third-order valence-corrected chi connectivity index (χ3v) is 3.36. The molecule has 0 saturated carbocycles. The monoisotopic (exact) mass is 337 g/mol. The molecule has 0 aliphatic carbocycles. The van der Waals surface area contributed by atoms with E-state index in [1.54, 1.807) is 17.4 Å². The normalized spacial score (nSPS) is 12.5. The van der Waals surface area contributed by atoms with Crippen molar-refractivity contribution >= 4 is 11.9 Å². The molecule has 0 spiro atoms. The highest BCUT2D eigenvalue weighted by atomic mass is 19.4. The van der Waals surface area contributed by atoms with Crippen molar-refractivity contribution in [1.82, 2.24) is 5.32 Å². The molecule has 1 amide bonds. The Balaban J connectivity index is 2.23. The van der Waals surface area contributed by atoms with Crippen molar-refractivity contribution in [2.45, 2.75) is 18.6 Å². The molecule has 2 N–H and O–H groups in total. The van der Waals surface area contributed by atoms with E-state index in [0.717, 1.165) is 11.1 Å². The molecule has 126 valence electrons. The number of rotatable bonds is 5. The van der Waals surface area contributed by atoms with E-state index >= 15 is 0 Å². The number of carboxylic acids is 1. The number of halogens is 3. The molecule has 24 heavy (non-hydrogen) atoms. The van der Waals surface area contributed by atoms with Crippen LogP contribution in [0.1, 0.15) is 18.0 Å². The van der Waals surface area contributed by atoms with Gasteiger partial charge in [0.2, 0.25) is 0 Å². The second-order valence-corrected chi connectivity index (χ2v) is 5.11. The smallest absolute Gasteiger partial charge is 0.471 e. The molecule has 2 rings (SSSR count). The molecular weight excluding hydrogens is 323 g/mol. The van der Waals surface area contributed by atoms with Crippen molar-refractivity contribution in [1.29, 1.82) is 0 Å². The number of alkyl halides is 3. The largest absolute Gasteiger partial charge is 0.481 e. The molecule has 0 aliphatic rings. The minimum atomic E-state index is -5.07. The summed E-state index contributed by atoms with van der Waals surface area (Å²) < 4.78 is 37.2. The molecule has 0 heterocycles. The van der Waals surface area contributed by atoms with Crippen LogP contribution in [0.5, 0.6) is 0 Å². The minimum Gasteiger partial charge on any atom is -0.481 e. The summed E-state index contributed by atoms with van der Waals surface area (Å²) in [6.07, 6.45) is -5.72. The summed E-state index contributed by atoms with van der Waals surface area (Å²) in [7, 11) is 0. The Kier molecular flexibility index (Phi) is 5.23. The Labute approximate surface area is 135 Å². The van der Waals surface area contributed by atoms with Crippen LogP contribution in [0.4, 0.5) is 13.2 Å². The fourth-order valence-electron chi connectivity index (χ4n) is 2.21. The first-order valence-electron chi connectivity index (χ1n) is 7.02. The Morgan fingerprint density at radius 3 is 2.00 bits per heavy atom. The SMILES string of the molecule is O=C(O)C[C@H](NC(=O)C(F)(F)F)c1ccc(-c2ccccc2)cc1. The number of amides is 1. The van der Waals surface area contributed by atoms with Gasteiger partial charge in [-0.25, -0.2) is 0 Å². The average Bonchev–Trinajstić information content (AvgIpc) is 2.54. The van der Waals surface area contributed by atoms with E-state index in [1.165, 1.54) is 12.1 Å². The fraction of sp³-hybridized carbons (Fsp3) is 0.176. The Bertz CT molecular complexity index is 712. The van der Waals surface area contributed by atoms with Gasteiger partial charge in [0.1, 0.15) is 0 Å². The molecule has 0 fully saturated rings. The van der Waals surface area contributed by atoms with Crippen LogP contribution in [0.3, 0.4) is 0 Å². The van der Waals surface area contributed by atoms with Gasteiger partial charge < -0.3 is 10.4 Å². The number of hydrogen-bond acceptors (Lipinski definition) is 2. The lowest BCUT2D eigenvalue weighted by atomic mass is 9.99. The van der Waals surface area contributed by atoms with Gasteiger partial charge in [-0.05, 0) is 16.7 Å². The molecule has 2 aromatic carbocycles. The van der Waals surface area contributed by atoms with Gasteiger partial charge in [0.15, 0.2) is 0 Å². The molecule has 0 unspecified atom stereocenters. The van der Waals surface area contributed by atoms with Crippen molar-refractivity contribution in [2.75, 3.05) is 0 Å². The first-order valence-corrected chi connectivity index (χ1v) is 7.02. The summed E-state index contributed by atoms with van der Waals surface area (Å²) in [6, 6.07) is 14.4. The summed E-state index contributed by atoms with van der Waals surface area (Å²) in [5.41, 5.74) is 2.03. The quantitative estimate of drug-likeness (QED) is 0.877. The third kappa shape index (κ3) is 4.58. The molecule has 4 nitrogen and oxygen atoms in total. The van der Waals surface area contributed by atoms with Crippen molar-refractivity contribution in [2.24, 2.45) is 0 Å². The second kappa shape index (κ2) is 7.16. The number of hydrogen-bond donors (Lipinski definition) is 2. The van der Waals surface area contributed by atoms with Crippen molar-refractivity contribution in [3.05, 3.63) is 60.2 Å². The molecule has 1 atom stereocenters. The van der Waals surface area contributed by atoms with Crippen molar-refractivity contribution in [3.63, 3.8) is 0 Å². The Morgan fingerprint density at radius 2 is 1.50 bits per heavy atom. The Hall–Kier alpha value is -2.83. The number of carboxylic acid groups (broad SMARTS) is 1. The van der Waals surface area contributed by atoms with E-state index in [0.29, 0.717) is 0 Å². The van der Waals surface area contributed by atoms with Crippen LogP contribution in [0.25, 0.3) is 11.1 Å². The molecule has 0 saturated heterocycles. The number of aliphatic carboxylic acids is 1. The van der Waals surface area contributed by atoms with Gasteiger partial charge in [-0.1, -0.05) is 54.6 Å². The minimum absolute atomic E-state index is 0.287. The van der Waals surface area contributed by atoms with Gasteiger partial charge in [0.25, 0.3) is 0 Å². The molecule has 0 bridgehead atoms. The molecule has 0 radical (unpaired) electrons. The number of benzene rings is 2. The zero-order valence-corrected chi connectivity index (χ0v) is 12.4. The highest BCUT2D eigenvalue weighted by Crippen LogP contribution is 2.25. The van der Waals surface area contributed by atoms with E-state index in [2.05, 4.69) is 0 Å². The van der Waals surface area contributed by atoms with Gasteiger partial charge >= 0.3 is 18.1 Å². The Morgan fingerprint density at radius 1 is 0.958 bits per heavy atom. The number of carbonyl (C=O) groups is 2. The lowest BCUT2D eigenvalue weighted by Crippen LogP contribution is -2.39. The molecule has 0 aromatic heterocycles. The number of carbonyl (C=O) groups excluding carboxylic acids is 1. The van der Waals surface area contributed by atoms with Gasteiger partial charge in [-0.15, -0.1) is 0 Å². The highest BCUT2D eigenvalue weighted by Gasteiger charge is 2.40. The van der Waals surface area contributed by atoms with E-state index < -0.39 is 30.5 Å². The van der Waals surface area contributed by atoms with Crippen LogP contribution in [0, 0.1) is 0 Å². The van der Waals surface area contributed by atoms with Crippen LogP contribution in [0.15, 0.2) is 54.6 Å².